The highest BCUT2D eigenvalue weighted by Gasteiger charge is 2.13. The van der Waals surface area contributed by atoms with Gasteiger partial charge in [0, 0.05) is 9.50 Å². The molecule has 20 heavy (non-hydrogen) atoms. The standard InChI is InChI=1S/C17H19BrClN/c1-20-12-13(10-14-6-2-4-8-16(14)18)11-15-7-3-5-9-17(15)19/h2-9,13,20H,10-12H2,1H3. The van der Waals surface area contributed by atoms with Crippen LogP contribution in [0.5, 0.6) is 0 Å². The highest BCUT2D eigenvalue weighted by atomic mass is 79.9. The second-order valence-corrected chi connectivity index (χ2v) is 6.28. The predicted octanol–water partition coefficient (Wildman–Crippen LogP) is 4.72. The van der Waals surface area contributed by atoms with E-state index >= 15 is 0 Å². The molecule has 0 heterocycles. The van der Waals surface area contributed by atoms with Crippen LogP contribution in [0.2, 0.25) is 5.02 Å². The molecule has 1 N–H and O–H groups in total. The zero-order valence-corrected chi connectivity index (χ0v) is 13.9. The van der Waals surface area contributed by atoms with Gasteiger partial charge in [-0.15, -0.1) is 0 Å². The summed E-state index contributed by atoms with van der Waals surface area (Å²) in [6, 6.07) is 16.5. The Morgan fingerprint density at radius 2 is 1.60 bits per heavy atom. The van der Waals surface area contributed by atoms with Gasteiger partial charge in [-0.3, -0.25) is 0 Å². The summed E-state index contributed by atoms with van der Waals surface area (Å²) in [5, 5.41) is 4.15. The molecule has 0 saturated heterocycles. The first-order chi connectivity index (χ1) is 9.70. The van der Waals surface area contributed by atoms with E-state index in [1.165, 1.54) is 15.6 Å². The third kappa shape index (κ3) is 4.34. The molecule has 0 amide bonds. The van der Waals surface area contributed by atoms with Crippen molar-refractivity contribution < 1.29 is 0 Å². The average molecular weight is 353 g/mol. The van der Waals surface area contributed by atoms with E-state index in [2.05, 4.69) is 57.6 Å². The molecule has 2 aromatic rings. The van der Waals surface area contributed by atoms with Crippen molar-refractivity contribution in [1.82, 2.24) is 5.32 Å². The molecular weight excluding hydrogens is 334 g/mol. The van der Waals surface area contributed by atoms with Gasteiger partial charge in [0.15, 0.2) is 0 Å². The number of nitrogens with one attached hydrogen (secondary N) is 1. The van der Waals surface area contributed by atoms with Crippen LogP contribution < -0.4 is 5.32 Å². The van der Waals surface area contributed by atoms with Gasteiger partial charge in [-0.05, 0) is 55.6 Å². The van der Waals surface area contributed by atoms with Gasteiger partial charge >= 0.3 is 0 Å². The molecule has 0 fully saturated rings. The largest absolute Gasteiger partial charge is 0.319 e. The Bertz CT molecular complexity index is 509. The van der Waals surface area contributed by atoms with Crippen LogP contribution in [-0.4, -0.2) is 13.6 Å². The Morgan fingerprint density at radius 3 is 2.25 bits per heavy atom. The predicted molar refractivity (Wildman–Crippen MR) is 90.4 cm³/mol. The van der Waals surface area contributed by atoms with E-state index in [-0.39, 0.29) is 0 Å². The topological polar surface area (TPSA) is 12.0 Å². The van der Waals surface area contributed by atoms with Crippen LogP contribution in [0.3, 0.4) is 0 Å². The first-order valence-corrected chi connectivity index (χ1v) is 7.99. The van der Waals surface area contributed by atoms with Gasteiger partial charge < -0.3 is 5.32 Å². The van der Waals surface area contributed by atoms with Crippen LogP contribution in [0.15, 0.2) is 53.0 Å². The lowest BCUT2D eigenvalue weighted by Gasteiger charge is -2.18. The van der Waals surface area contributed by atoms with Crippen molar-refractivity contribution in [3.63, 3.8) is 0 Å². The Labute approximate surface area is 134 Å². The Kier molecular flexibility index (Phi) is 6.08. The van der Waals surface area contributed by atoms with Gasteiger partial charge in [0.2, 0.25) is 0 Å². The molecule has 0 aliphatic heterocycles. The summed E-state index contributed by atoms with van der Waals surface area (Å²) in [4.78, 5) is 0. The van der Waals surface area contributed by atoms with Gasteiger partial charge in [0.1, 0.15) is 0 Å². The minimum absolute atomic E-state index is 0.526. The molecule has 0 saturated carbocycles. The quantitative estimate of drug-likeness (QED) is 0.793. The molecule has 0 radical (unpaired) electrons. The number of rotatable bonds is 6. The van der Waals surface area contributed by atoms with Gasteiger partial charge in [0.25, 0.3) is 0 Å². The highest BCUT2D eigenvalue weighted by Crippen LogP contribution is 2.24. The summed E-state index contributed by atoms with van der Waals surface area (Å²) >= 11 is 9.90. The third-order valence-corrected chi connectivity index (χ3v) is 4.57. The SMILES string of the molecule is CNCC(Cc1ccccc1Cl)Cc1ccccc1Br. The minimum Gasteiger partial charge on any atom is -0.319 e. The van der Waals surface area contributed by atoms with Crippen molar-refractivity contribution in [2.45, 2.75) is 12.8 Å². The van der Waals surface area contributed by atoms with Crippen molar-refractivity contribution in [3.8, 4) is 0 Å². The number of hydrogen-bond acceptors (Lipinski definition) is 1. The molecule has 3 heteroatoms. The van der Waals surface area contributed by atoms with Gasteiger partial charge in [-0.2, -0.15) is 0 Å². The van der Waals surface area contributed by atoms with E-state index in [1.807, 2.05) is 19.2 Å². The molecule has 0 aliphatic rings. The van der Waals surface area contributed by atoms with Crippen molar-refractivity contribution in [3.05, 3.63) is 69.2 Å². The van der Waals surface area contributed by atoms with Gasteiger partial charge in [0.05, 0.1) is 0 Å². The maximum absolute atomic E-state index is 6.27. The minimum atomic E-state index is 0.526. The summed E-state index contributed by atoms with van der Waals surface area (Å²) in [5.41, 5.74) is 2.57. The number of halogens is 2. The van der Waals surface area contributed by atoms with E-state index in [1.54, 1.807) is 0 Å². The van der Waals surface area contributed by atoms with Crippen LogP contribution in [0.1, 0.15) is 11.1 Å². The molecule has 2 rings (SSSR count). The maximum Gasteiger partial charge on any atom is 0.0438 e. The van der Waals surface area contributed by atoms with Crippen molar-refractivity contribution in [2.24, 2.45) is 5.92 Å². The fourth-order valence-corrected chi connectivity index (χ4v) is 3.11. The molecule has 2 aromatic carbocycles. The van der Waals surface area contributed by atoms with Crippen LogP contribution >= 0.6 is 27.5 Å². The number of hydrogen-bond donors (Lipinski definition) is 1. The monoisotopic (exact) mass is 351 g/mol. The Hall–Kier alpha value is -0.830. The molecular formula is C17H19BrClN. The summed E-state index contributed by atoms with van der Waals surface area (Å²) in [5.74, 6) is 0.526. The molecule has 0 bridgehead atoms. The lowest BCUT2D eigenvalue weighted by Crippen LogP contribution is -2.23. The molecule has 106 valence electrons. The first-order valence-electron chi connectivity index (χ1n) is 6.82. The van der Waals surface area contributed by atoms with Crippen LogP contribution in [0, 0.1) is 5.92 Å². The summed E-state index contributed by atoms with van der Waals surface area (Å²) in [7, 11) is 2.00. The Balaban J connectivity index is 2.12. The lowest BCUT2D eigenvalue weighted by atomic mass is 9.92. The molecule has 0 aliphatic carbocycles. The van der Waals surface area contributed by atoms with Gasteiger partial charge in [-0.1, -0.05) is 63.9 Å². The summed E-state index contributed by atoms with van der Waals surface area (Å²) < 4.78 is 1.18. The van der Waals surface area contributed by atoms with Crippen LogP contribution in [0.25, 0.3) is 0 Å². The zero-order chi connectivity index (χ0) is 14.4. The fourth-order valence-electron chi connectivity index (χ4n) is 2.46. The van der Waals surface area contributed by atoms with Crippen molar-refractivity contribution in [1.29, 1.82) is 0 Å². The Morgan fingerprint density at radius 1 is 1.00 bits per heavy atom. The van der Waals surface area contributed by atoms with E-state index in [9.17, 15) is 0 Å². The van der Waals surface area contributed by atoms with E-state index in [0.29, 0.717) is 5.92 Å². The van der Waals surface area contributed by atoms with E-state index in [4.69, 9.17) is 11.6 Å². The second kappa shape index (κ2) is 7.82. The van der Waals surface area contributed by atoms with Gasteiger partial charge in [-0.25, -0.2) is 0 Å². The third-order valence-electron chi connectivity index (χ3n) is 3.43. The van der Waals surface area contributed by atoms with Crippen LogP contribution in [0.4, 0.5) is 0 Å². The second-order valence-electron chi connectivity index (χ2n) is 5.01. The summed E-state index contributed by atoms with van der Waals surface area (Å²) in [6.45, 7) is 0.979. The molecule has 1 nitrogen and oxygen atoms in total. The summed E-state index contributed by atoms with van der Waals surface area (Å²) in [6.07, 6.45) is 2.02. The molecule has 1 atom stereocenters. The van der Waals surface area contributed by atoms with E-state index in [0.717, 1.165) is 24.4 Å². The smallest absolute Gasteiger partial charge is 0.0438 e. The average Bonchev–Trinajstić information content (AvgIpc) is 2.44. The normalized spacial score (nSPS) is 12.3. The molecule has 1 unspecified atom stereocenters. The van der Waals surface area contributed by atoms with Crippen molar-refractivity contribution >= 4 is 27.5 Å². The molecule has 0 spiro atoms. The lowest BCUT2D eigenvalue weighted by molar-refractivity contribution is 0.492. The maximum atomic E-state index is 6.27. The fraction of sp³-hybridized carbons (Fsp3) is 0.294. The van der Waals surface area contributed by atoms with Crippen molar-refractivity contribution in [2.75, 3.05) is 13.6 Å². The zero-order valence-electron chi connectivity index (χ0n) is 11.6. The van der Waals surface area contributed by atoms with E-state index < -0.39 is 0 Å². The first kappa shape index (κ1) is 15.6. The number of benzene rings is 2. The van der Waals surface area contributed by atoms with Crippen LogP contribution in [-0.2, 0) is 12.8 Å². The molecule has 0 aromatic heterocycles. The highest BCUT2D eigenvalue weighted by molar-refractivity contribution is 9.10.